The molecule has 0 unspecified atom stereocenters. The maximum absolute atomic E-state index is 12.6. The normalized spacial score (nSPS) is 16.5. The fourth-order valence-corrected chi connectivity index (χ4v) is 4.39. The predicted octanol–water partition coefficient (Wildman–Crippen LogP) is 3.06. The molecule has 0 bridgehead atoms. The third kappa shape index (κ3) is 3.70. The maximum atomic E-state index is 12.6. The molecule has 118 valence electrons. The monoisotopic (exact) mass is 386 g/mol. The predicted molar refractivity (Wildman–Crippen MR) is 76.3 cm³/mol. The summed E-state index contributed by atoms with van der Waals surface area (Å²) in [5.41, 5.74) is 6.17. The number of aryl methyl sites for hydroxylation is 1. The topological polar surface area (TPSA) is 63.4 Å². The van der Waals surface area contributed by atoms with E-state index in [4.69, 9.17) is 5.73 Å². The van der Waals surface area contributed by atoms with Crippen LogP contribution in [0.5, 0.6) is 0 Å². The van der Waals surface area contributed by atoms with E-state index >= 15 is 0 Å². The van der Waals surface area contributed by atoms with Crippen LogP contribution in [0.3, 0.4) is 0 Å². The fraction of sp³-hybridized carbons (Fsp3) is 0.500. The summed E-state index contributed by atoms with van der Waals surface area (Å²) in [5.74, 6) is 0. The first-order valence-electron chi connectivity index (χ1n) is 6.16. The molecule has 2 rings (SSSR count). The van der Waals surface area contributed by atoms with Gasteiger partial charge in [-0.2, -0.15) is 17.5 Å². The van der Waals surface area contributed by atoms with Gasteiger partial charge in [0.1, 0.15) is 6.54 Å². The molecule has 0 aromatic heterocycles. The van der Waals surface area contributed by atoms with Gasteiger partial charge in [0, 0.05) is 16.2 Å². The van der Waals surface area contributed by atoms with Crippen molar-refractivity contribution in [1.29, 1.82) is 0 Å². The van der Waals surface area contributed by atoms with Gasteiger partial charge < -0.3 is 5.73 Å². The van der Waals surface area contributed by atoms with Crippen molar-refractivity contribution >= 4 is 31.6 Å². The lowest BCUT2D eigenvalue weighted by atomic mass is 10.2. The third-order valence-corrected chi connectivity index (χ3v) is 5.90. The Morgan fingerprint density at radius 1 is 1.38 bits per heavy atom. The Balaban J connectivity index is 2.46. The van der Waals surface area contributed by atoms with Gasteiger partial charge in [0.05, 0.1) is 4.90 Å². The van der Waals surface area contributed by atoms with Crippen molar-refractivity contribution < 1.29 is 21.6 Å². The minimum absolute atomic E-state index is 0.168. The molecule has 9 heteroatoms. The van der Waals surface area contributed by atoms with Crippen molar-refractivity contribution in [3.63, 3.8) is 0 Å². The van der Waals surface area contributed by atoms with Gasteiger partial charge in [-0.15, -0.1) is 0 Å². The Morgan fingerprint density at radius 2 is 1.95 bits per heavy atom. The third-order valence-electron chi connectivity index (χ3n) is 3.17. The molecular formula is C12H14BrF3N2O2S. The second-order valence-corrected chi connectivity index (χ2v) is 7.75. The lowest BCUT2D eigenvalue weighted by Gasteiger charge is -2.24. The van der Waals surface area contributed by atoms with E-state index in [1.165, 1.54) is 19.1 Å². The number of hydrogen-bond acceptors (Lipinski definition) is 3. The van der Waals surface area contributed by atoms with Crippen molar-refractivity contribution in [2.24, 2.45) is 0 Å². The Bertz CT molecular complexity index is 657. The molecule has 1 fully saturated rings. The van der Waals surface area contributed by atoms with Crippen LogP contribution < -0.4 is 5.73 Å². The summed E-state index contributed by atoms with van der Waals surface area (Å²) >= 11 is 3.16. The van der Waals surface area contributed by atoms with Crippen molar-refractivity contribution in [1.82, 2.24) is 4.31 Å². The first-order valence-corrected chi connectivity index (χ1v) is 8.40. The summed E-state index contributed by atoms with van der Waals surface area (Å²) in [6.07, 6.45) is -3.69. The molecule has 1 saturated carbocycles. The Labute approximate surface area is 129 Å². The van der Waals surface area contributed by atoms with Crippen LogP contribution in [0.4, 0.5) is 18.9 Å². The summed E-state index contributed by atoms with van der Waals surface area (Å²) in [6, 6.07) is 2.10. The Kier molecular flexibility index (Phi) is 4.29. The van der Waals surface area contributed by atoms with E-state index in [1.54, 1.807) is 0 Å². The lowest BCUT2D eigenvalue weighted by molar-refractivity contribution is -0.137. The maximum Gasteiger partial charge on any atom is 0.402 e. The van der Waals surface area contributed by atoms with Crippen LogP contribution in [0, 0.1) is 6.92 Å². The summed E-state index contributed by atoms with van der Waals surface area (Å²) in [7, 11) is -4.23. The van der Waals surface area contributed by atoms with E-state index in [2.05, 4.69) is 15.9 Å². The molecule has 1 aromatic carbocycles. The zero-order valence-corrected chi connectivity index (χ0v) is 13.5. The molecule has 0 spiro atoms. The van der Waals surface area contributed by atoms with E-state index < -0.39 is 28.8 Å². The summed E-state index contributed by atoms with van der Waals surface area (Å²) < 4.78 is 64.0. The highest BCUT2D eigenvalue weighted by Gasteiger charge is 2.45. The highest BCUT2D eigenvalue weighted by atomic mass is 79.9. The van der Waals surface area contributed by atoms with Crippen molar-refractivity contribution in [2.45, 2.75) is 36.9 Å². The van der Waals surface area contributed by atoms with Gasteiger partial charge in [-0.1, -0.05) is 0 Å². The molecule has 1 aromatic rings. The second-order valence-electron chi connectivity index (χ2n) is 5.04. The number of rotatable bonds is 4. The zero-order chi connectivity index (χ0) is 16.0. The van der Waals surface area contributed by atoms with Crippen molar-refractivity contribution in [3.05, 3.63) is 22.2 Å². The number of nitrogen functional groups attached to an aromatic ring is 1. The summed E-state index contributed by atoms with van der Waals surface area (Å²) in [4.78, 5) is -0.181. The molecule has 0 aliphatic heterocycles. The minimum atomic E-state index is -4.58. The van der Waals surface area contributed by atoms with Gasteiger partial charge in [0.2, 0.25) is 10.0 Å². The fourth-order valence-electron chi connectivity index (χ4n) is 2.02. The highest BCUT2D eigenvalue weighted by molar-refractivity contribution is 9.10. The minimum Gasteiger partial charge on any atom is -0.398 e. The highest BCUT2D eigenvalue weighted by Crippen LogP contribution is 2.37. The number of nitrogens with two attached hydrogens (primary N) is 1. The van der Waals surface area contributed by atoms with Gasteiger partial charge >= 0.3 is 6.18 Å². The van der Waals surface area contributed by atoms with Crippen LogP contribution in [-0.2, 0) is 10.0 Å². The second kappa shape index (κ2) is 5.44. The van der Waals surface area contributed by atoms with Crippen LogP contribution in [0.1, 0.15) is 18.4 Å². The lowest BCUT2D eigenvalue weighted by Crippen LogP contribution is -2.40. The molecule has 0 amide bonds. The molecule has 0 heterocycles. The number of benzene rings is 1. The average molecular weight is 387 g/mol. The van der Waals surface area contributed by atoms with E-state index in [-0.39, 0.29) is 10.6 Å². The number of hydrogen-bond donors (Lipinski definition) is 1. The van der Waals surface area contributed by atoms with Gasteiger partial charge in [-0.3, -0.25) is 0 Å². The largest absolute Gasteiger partial charge is 0.402 e. The van der Waals surface area contributed by atoms with Gasteiger partial charge in [0.15, 0.2) is 0 Å². The van der Waals surface area contributed by atoms with Crippen LogP contribution in [-0.4, -0.2) is 31.5 Å². The first-order chi connectivity index (χ1) is 9.52. The van der Waals surface area contributed by atoms with E-state index in [0.29, 0.717) is 27.2 Å². The molecule has 0 saturated heterocycles. The molecule has 4 nitrogen and oxygen atoms in total. The van der Waals surface area contributed by atoms with Crippen LogP contribution in [0.25, 0.3) is 0 Å². The molecule has 1 aliphatic rings. The summed E-state index contributed by atoms with van der Waals surface area (Å²) in [5, 5.41) is 0. The van der Waals surface area contributed by atoms with Gasteiger partial charge in [-0.25, -0.2) is 8.42 Å². The number of alkyl halides is 3. The smallest absolute Gasteiger partial charge is 0.398 e. The molecular weight excluding hydrogens is 373 g/mol. The molecule has 0 atom stereocenters. The van der Waals surface area contributed by atoms with Crippen LogP contribution in [0.15, 0.2) is 21.5 Å². The quantitative estimate of drug-likeness (QED) is 0.808. The number of sulfonamides is 1. The van der Waals surface area contributed by atoms with E-state index in [1.807, 2.05) is 0 Å². The Hall–Kier alpha value is -0.800. The van der Waals surface area contributed by atoms with E-state index in [0.717, 1.165) is 0 Å². The number of anilines is 1. The first kappa shape index (κ1) is 16.6. The van der Waals surface area contributed by atoms with Crippen LogP contribution >= 0.6 is 15.9 Å². The van der Waals surface area contributed by atoms with Gasteiger partial charge in [0.25, 0.3) is 0 Å². The van der Waals surface area contributed by atoms with Crippen molar-refractivity contribution in [2.75, 3.05) is 12.3 Å². The zero-order valence-electron chi connectivity index (χ0n) is 11.1. The average Bonchev–Trinajstić information content (AvgIpc) is 3.13. The van der Waals surface area contributed by atoms with Crippen molar-refractivity contribution in [3.8, 4) is 0 Å². The van der Waals surface area contributed by atoms with E-state index in [9.17, 15) is 21.6 Å². The molecule has 2 N–H and O–H groups in total. The van der Waals surface area contributed by atoms with Gasteiger partial charge in [-0.05, 0) is 53.4 Å². The SMILES string of the molecule is Cc1cc(Br)c(N)cc1S(=O)(=O)N(CC(F)(F)F)C1CC1. The molecule has 21 heavy (non-hydrogen) atoms. The summed E-state index contributed by atoms with van der Waals surface area (Å²) in [6.45, 7) is 0.0468. The number of halogens is 4. The number of nitrogens with zero attached hydrogens (tertiary/aromatic N) is 1. The Morgan fingerprint density at radius 3 is 2.43 bits per heavy atom. The van der Waals surface area contributed by atoms with Crippen LogP contribution in [0.2, 0.25) is 0 Å². The standard InChI is InChI=1S/C12H14BrF3N2O2S/c1-7-4-9(13)10(17)5-11(7)21(19,20)18(8-2-3-8)6-12(14,15)16/h4-5,8H,2-3,6,17H2,1H3. The molecule has 1 aliphatic carbocycles. The molecule has 0 radical (unpaired) electrons.